The molecule has 0 aliphatic rings. The van der Waals surface area contributed by atoms with E-state index in [0.717, 1.165) is 26.1 Å². The lowest BCUT2D eigenvalue weighted by molar-refractivity contribution is -0.144. The molecule has 4 nitrogen and oxygen atoms in total. The van der Waals surface area contributed by atoms with Crippen molar-refractivity contribution in [3.63, 3.8) is 0 Å². The van der Waals surface area contributed by atoms with Crippen molar-refractivity contribution in [1.29, 1.82) is 0 Å². The van der Waals surface area contributed by atoms with Gasteiger partial charge in [0.25, 0.3) is 0 Å². The Kier molecular flexibility index (Phi) is 14.9. The first-order valence-corrected chi connectivity index (χ1v) is 9.37. The molecule has 1 N–H and O–H groups in total. The predicted molar refractivity (Wildman–Crippen MR) is 94.0 cm³/mol. The van der Waals surface area contributed by atoms with E-state index in [1.165, 1.54) is 57.8 Å². The molecule has 132 valence electrons. The summed E-state index contributed by atoms with van der Waals surface area (Å²) in [6, 6.07) is 0. The molecule has 4 heteroatoms. The fourth-order valence-corrected chi connectivity index (χ4v) is 2.88. The van der Waals surface area contributed by atoms with Crippen molar-refractivity contribution in [2.45, 2.75) is 85.0 Å². The molecule has 22 heavy (non-hydrogen) atoms. The van der Waals surface area contributed by atoms with Crippen molar-refractivity contribution < 1.29 is 9.90 Å². The SMILES string of the molecule is CCCCCCCCCCCCN(CC(=O)O)N(CC)CC. The molecule has 0 aromatic carbocycles. The van der Waals surface area contributed by atoms with Gasteiger partial charge in [-0.15, -0.1) is 0 Å². The predicted octanol–water partition coefficient (Wildman–Crippen LogP) is 4.55. The van der Waals surface area contributed by atoms with Crippen LogP contribution in [0, 0.1) is 0 Å². The molecular formula is C18H38N2O2. The Balaban J connectivity index is 3.65. The molecule has 0 heterocycles. The van der Waals surface area contributed by atoms with Crippen LogP contribution in [0.25, 0.3) is 0 Å². The minimum atomic E-state index is -0.737. The molecule has 0 aliphatic carbocycles. The number of aliphatic carboxylic acids is 1. The minimum Gasteiger partial charge on any atom is -0.480 e. The van der Waals surface area contributed by atoms with Crippen LogP contribution in [0.3, 0.4) is 0 Å². The van der Waals surface area contributed by atoms with E-state index in [1.54, 1.807) is 0 Å². The van der Waals surface area contributed by atoms with Gasteiger partial charge in [-0.3, -0.25) is 4.79 Å². The van der Waals surface area contributed by atoms with Crippen LogP contribution in [0.5, 0.6) is 0 Å². The standard InChI is InChI=1S/C18H38N2O2/c1-4-7-8-9-10-11-12-13-14-15-16-20(17-18(21)22)19(5-2)6-3/h4-17H2,1-3H3,(H,21,22). The van der Waals surface area contributed by atoms with E-state index in [1.807, 2.05) is 5.01 Å². The normalized spacial score (nSPS) is 11.5. The molecule has 0 saturated heterocycles. The fourth-order valence-electron chi connectivity index (χ4n) is 2.88. The van der Waals surface area contributed by atoms with Gasteiger partial charge in [-0.2, -0.15) is 0 Å². The Labute approximate surface area is 137 Å². The topological polar surface area (TPSA) is 43.8 Å². The lowest BCUT2D eigenvalue weighted by Crippen LogP contribution is -2.45. The lowest BCUT2D eigenvalue weighted by atomic mass is 10.1. The van der Waals surface area contributed by atoms with Crippen molar-refractivity contribution in [2.24, 2.45) is 0 Å². The first kappa shape index (κ1) is 21.4. The molecule has 0 radical (unpaired) electrons. The number of hydrogen-bond acceptors (Lipinski definition) is 3. The van der Waals surface area contributed by atoms with E-state index in [9.17, 15) is 4.79 Å². The first-order valence-electron chi connectivity index (χ1n) is 9.37. The van der Waals surface area contributed by atoms with Crippen molar-refractivity contribution >= 4 is 5.97 Å². The maximum absolute atomic E-state index is 11.0. The highest BCUT2D eigenvalue weighted by molar-refractivity contribution is 5.68. The molecule has 0 saturated carbocycles. The van der Waals surface area contributed by atoms with Gasteiger partial charge in [-0.05, 0) is 6.42 Å². The number of unbranched alkanes of at least 4 members (excludes halogenated alkanes) is 9. The maximum Gasteiger partial charge on any atom is 0.319 e. The van der Waals surface area contributed by atoms with Gasteiger partial charge < -0.3 is 5.11 Å². The zero-order valence-electron chi connectivity index (χ0n) is 15.1. The third kappa shape index (κ3) is 12.0. The van der Waals surface area contributed by atoms with Crippen molar-refractivity contribution in [3.8, 4) is 0 Å². The summed E-state index contributed by atoms with van der Waals surface area (Å²) in [5.74, 6) is -0.737. The fraction of sp³-hybridized carbons (Fsp3) is 0.944. The summed E-state index contributed by atoms with van der Waals surface area (Å²) >= 11 is 0. The van der Waals surface area contributed by atoms with Crippen LogP contribution < -0.4 is 0 Å². The van der Waals surface area contributed by atoms with Gasteiger partial charge in [0.05, 0.1) is 0 Å². The number of hydrazine groups is 1. The van der Waals surface area contributed by atoms with E-state index in [0.29, 0.717) is 0 Å². The Morgan fingerprint density at radius 2 is 1.18 bits per heavy atom. The molecule has 0 fully saturated rings. The van der Waals surface area contributed by atoms with E-state index < -0.39 is 5.97 Å². The maximum atomic E-state index is 11.0. The monoisotopic (exact) mass is 314 g/mol. The highest BCUT2D eigenvalue weighted by Gasteiger charge is 2.14. The number of nitrogens with zero attached hydrogens (tertiary/aromatic N) is 2. The van der Waals surface area contributed by atoms with Crippen LogP contribution in [0.1, 0.15) is 85.0 Å². The van der Waals surface area contributed by atoms with Crippen LogP contribution in [-0.2, 0) is 4.79 Å². The molecule has 0 bridgehead atoms. The molecule has 0 atom stereocenters. The number of carbonyl (C=O) groups is 1. The van der Waals surface area contributed by atoms with Crippen LogP contribution in [0.4, 0.5) is 0 Å². The molecule has 0 aromatic heterocycles. The smallest absolute Gasteiger partial charge is 0.319 e. The van der Waals surface area contributed by atoms with Gasteiger partial charge in [-0.1, -0.05) is 78.6 Å². The van der Waals surface area contributed by atoms with Crippen molar-refractivity contribution in [2.75, 3.05) is 26.2 Å². The zero-order valence-corrected chi connectivity index (χ0v) is 15.1. The molecule has 0 aromatic rings. The van der Waals surface area contributed by atoms with Gasteiger partial charge in [0.1, 0.15) is 6.54 Å². The number of carboxylic acids is 1. The highest BCUT2D eigenvalue weighted by atomic mass is 16.4. The average molecular weight is 315 g/mol. The van der Waals surface area contributed by atoms with Gasteiger partial charge in [0, 0.05) is 19.6 Å². The third-order valence-electron chi connectivity index (χ3n) is 4.22. The third-order valence-corrected chi connectivity index (χ3v) is 4.22. The summed E-state index contributed by atoms with van der Waals surface area (Å²) in [5.41, 5.74) is 0. The molecule has 0 aliphatic heterocycles. The Bertz CT molecular complexity index is 255. The van der Waals surface area contributed by atoms with Crippen molar-refractivity contribution in [1.82, 2.24) is 10.0 Å². The molecule has 0 rings (SSSR count). The van der Waals surface area contributed by atoms with Gasteiger partial charge in [0.15, 0.2) is 0 Å². The summed E-state index contributed by atoms with van der Waals surface area (Å²) in [7, 11) is 0. The Morgan fingerprint density at radius 1 is 0.727 bits per heavy atom. The quantitative estimate of drug-likeness (QED) is 0.335. The highest BCUT2D eigenvalue weighted by Crippen LogP contribution is 2.11. The second-order valence-corrected chi connectivity index (χ2v) is 6.10. The second-order valence-electron chi connectivity index (χ2n) is 6.10. The van der Waals surface area contributed by atoms with Crippen molar-refractivity contribution in [3.05, 3.63) is 0 Å². The summed E-state index contributed by atoms with van der Waals surface area (Å²) in [4.78, 5) is 11.0. The molecule has 0 spiro atoms. The van der Waals surface area contributed by atoms with Crippen LogP contribution >= 0.6 is 0 Å². The first-order chi connectivity index (χ1) is 10.7. The Hall–Kier alpha value is -0.610. The number of hydrogen-bond donors (Lipinski definition) is 1. The lowest BCUT2D eigenvalue weighted by Gasteiger charge is -2.32. The molecule has 0 amide bonds. The molecule has 0 unspecified atom stereocenters. The number of carboxylic acid groups (broad SMARTS) is 1. The largest absolute Gasteiger partial charge is 0.480 e. The summed E-state index contributed by atoms with van der Waals surface area (Å²) in [5, 5.41) is 13.1. The minimum absolute atomic E-state index is 0.124. The average Bonchev–Trinajstić information content (AvgIpc) is 2.49. The van der Waals surface area contributed by atoms with E-state index in [4.69, 9.17) is 5.11 Å². The summed E-state index contributed by atoms with van der Waals surface area (Å²) in [6.07, 6.45) is 13.1. The molecular weight excluding hydrogens is 276 g/mol. The van der Waals surface area contributed by atoms with Crippen LogP contribution in [0.2, 0.25) is 0 Å². The van der Waals surface area contributed by atoms with Gasteiger partial charge in [0.2, 0.25) is 0 Å². The van der Waals surface area contributed by atoms with Gasteiger partial charge >= 0.3 is 5.97 Å². The van der Waals surface area contributed by atoms with Gasteiger partial charge in [-0.25, -0.2) is 10.0 Å². The number of rotatable bonds is 16. The zero-order chi connectivity index (χ0) is 16.6. The van der Waals surface area contributed by atoms with E-state index in [2.05, 4.69) is 25.8 Å². The van der Waals surface area contributed by atoms with Crippen LogP contribution in [0.15, 0.2) is 0 Å². The summed E-state index contributed by atoms with van der Waals surface area (Å²) < 4.78 is 0. The summed E-state index contributed by atoms with van der Waals surface area (Å²) in [6.45, 7) is 9.16. The van der Waals surface area contributed by atoms with Crippen LogP contribution in [-0.4, -0.2) is 47.3 Å². The second kappa shape index (κ2) is 15.3. The Morgan fingerprint density at radius 3 is 1.59 bits per heavy atom. The van der Waals surface area contributed by atoms with E-state index in [-0.39, 0.29) is 6.54 Å². The van der Waals surface area contributed by atoms with E-state index >= 15 is 0 Å².